The van der Waals surface area contributed by atoms with Gasteiger partial charge in [-0.3, -0.25) is 4.79 Å². The van der Waals surface area contributed by atoms with Crippen LogP contribution in [0.4, 0.5) is 0 Å². The van der Waals surface area contributed by atoms with Gasteiger partial charge in [-0.1, -0.05) is 6.92 Å². The lowest BCUT2D eigenvalue weighted by molar-refractivity contribution is 0.0765. The van der Waals surface area contributed by atoms with Crippen molar-refractivity contribution in [2.45, 2.75) is 20.3 Å². The third-order valence-electron chi connectivity index (χ3n) is 2.11. The van der Waals surface area contributed by atoms with Gasteiger partial charge in [0.15, 0.2) is 0 Å². The minimum Gasteiger partial charge on any atom is -0.469 e. The molecule has 0 saturated carbocycles. The lowest BCUT2D eigenvalue weighted by atomic mass is 10.2. The van der Waals surface area contributed by atoms with E-state index in [1.807, 2.05) is 13.8 Å². The summed E-state index contributed by atoms with van der Waals surface area (Å²) < 4.78 is 5.11. The molecule has 0 saturated heterocycles. The van der Waals surface area contributed by atoms with Gasteiger partial charge in [0.25, 0.3) is 5.91 Å². The van der Waals surface area contributed by atoms with Crippen molar-refractivity contribution in [1.29, 1.82) is 0 Å². The quantitative estimate of drug-likeness (QED) is 0.728. The van der Waals surface area contributed by atoms with Crippen molar-refractivity contribution in [3.63, 3.8) is 0 Å². The fourth-order valence-electron chi connectivity index (χ4n) is 1.43. The summed E-state index contributed by atoms with van der Waals surface area (Å²) >= 11 is 5.65. The highest BCUT2D eigenvalue weighted by Crippen LogP contribution is 2.10. The molecular formula is C11H16ClNO2. The lowest BCUT2D eigenvalue weighted by Gasteiger charge is -2.19. The smallest absolute Gasteiger partial charge is 0.257 e. The van der Waals surface area contributed by atoms with Gasteiger partial charge in [-0.2, -0.15) is 0 Å². The largest absolute Gasteiger partial charge is 0.469 e. The number of alkyl halides is 1. The van der Waals surface area contributed by atoms with Crippen molar-refractivity contribution in [1.82, 2.24) is 4.90 Å². The fourth-order valence-corrected chi connectivity index (χ4v) is 1.63. The van der Waals surface area contributed by atoms with E-state index in [0.717, 1.165) is 18.7 Å². The molecule has 1 heterocycles. The number of amides is 1. The molecule has 0 aliphatic heterocycles. The number of hydrogen-bond acceptors (Lipinski definition) is 2. The highest BCUT2D eigenvalue weighted by Gasteiger charge is 2.15. The molecule has 1 rings (SSSR count). The number of rotatable bonds is 5. The van der Waals surface area contributed by atoms with Gasteiger partial charge in [-0.15, -0.1) is 11.6 Å². The molecule has 0 atom stereocenters. The summed E-state index contributed by atoms with van der Waals surface area (Å²) in [4.78, 5) is 13.7. The standard InChI is InChI=1S/C11H16ClNO2/c1-3-5-13(6-4-12)11(14)10-7-9(2)15-8-10/h7-8H,3-6H2,1-2H3. The van der Waals surface area contributed by atoms with Crippen molar-refractivity contribution in [3.05, 3.63) is 23.7 Å². The van der Waals surface area contributed by atoms with Crippen molar-refractivity contribution in [2.75, 3.05) is 19.0 Å². The Morgan fingerprint density at radius 1 is 1.53 bits per heavy atom. The van der Waals surface area contributed by atoms with Gasteiger partial charge in [-0.25, -0.2) is 0 Å². The van der Waals surface area contributed by atoms with Gasteiger partial charge in [0.1, 0.15) is 12.0 Å². The van der Waals surface area contributed by atoms with Crippen LogP contribution in [-0.4, -0.2) is 29.8 Å². The maximum Gasteiger partial charge on any atom is 0.257 e. The first-order chi connectivity index (χ1) is 7.19. The first-order valence-electron chi connectivity index (χ1n) is 5.09. The topological polar surface area (TPSA) is 33.5 Å². The molecule has 0 aliphatic rings. The Bertz CT molecular complexity index is 316. The first-order valence-corrected chi connectivity index (χ1v) is 5.62. The Kier molecular flexibility index (Phi) is 4.69. The number of hydrogen-bond donors (Lipinski definition) is 0. The van der Waals surface area contributed by atoms with E-state index in [0.29, 0.717) is 18.0 Å². The van der Waals surface area contributed by atoms with E-state index in [4.69, 9.17) is 16.0 Å². The summed E-state index contributed by atoms with van der Waals surface area (Å²) in [5.74, 6) is 1.21. The van der Waals surface area contributed by atoms with Gasteiger partial charge < -0.3 is 9.32 Å². The Morgan fingerprint density at radius 2 is 2.27 bits per heavy atom. The fraction of sp³-hybridized carbons (Fsp3) is 0.545. The Hall–Kier alpha value is -0.960. The summed E-state index contributed by atoms with van der Waals surface area (Å²) in [6.45, 7) is 5.17. The zero-order valence-corrected chi connectivity index (χ0v) is 9.88. The van der Waals surface area contributed by atoms with E-state index < -0.39 is 0 Å². The van der Waals surface area contributed by atoms with Crippen molar-refractivity contribution in [3.8, 4) is 0 Å². The van der Waals surface area contributed by atoms with E-state index in [-0.39, 0.29) is 5.91 Å². The first kappa shape index (κ1) is 12.1. The number of carbonyl (C=O) groups excluding carboxylic acids is 1. The van der Waals surface area contributed by atoms with Crippen LogP contribution in [0.2, 0.25) is 0 Å². The van der Waals surface area contributed by atoms with Crippen molar-refractivity contribution in [2.24, 2.45) is 0 Å². The van der Waals surface area contributed by atoms with E-state index in [1.54, 1.807) is 11.0 Å². The van der Waals surface area contributed by atoms with Crippen LogP contribution < -0.4 is 0 Å². The van der Waals surface area contributed by atoms with Crippen LogP contribution >= 0.6 is 11.6 Å². The van der Waals surface area contributed by atoms with Gasteiger partial charge in [0, 0.05) is 19.0 Å². The maximum atomic E-state index is 11.9. The molecule has 1 aromatic rings. The molecule has 0 fully saturated rings. The molecule has 0 spiro atoms. The number of carbonyl (C=O) groups is 1. The molecule has 3 nitrogen and oxygen atoms in total. The molecule has 0 unspecified atom stereocenters. The van der Waals surface area contributed by atoms with Crippen LogP contribution in [0, 0.1) is 6.92 Å². The minimum atomic E-state index is -0.00523. The van der Waals surface area contributed by atoms with Crippen LogP contribution in [0.5, 0.6) is 0 Å². The van der Waals surface area contributed by atoms with Crippen LogP contribution in [0.25, 0.3) is 0 Å². The average molecular weight is 230 g/mol. The SMILES string of the molecule is CCCN(CCCl)C(=O)c1coc(C)c1. The number of aryl methyl sites for hydroxylation is 1. The second kappa shape index (κ2) is 5.81. The molecule has 4 heteroatoms. The van der Waals surface area contributed by atoms with E-state index in [9.17, 15) is 4.79 Å². The molecule has 15 heavy (non-hydrogen) atoms. The highest BCUT2D eigenvalue weighted by atomic mass is 35.5. The summed E-state index contributed by atoms with van der Waals surface area (Å²) in [7, 11) is 0. The molecule has 0 N–H and O–H groups in total. The molecule has 1 aromatic heterocycles. The third kappa shape index (κ3) is 3.27. The minimum absolute atomic E-state index is 0.00523. The van der Waals surface area contributed by atoms with E-state index in [1.165, 1.54) is 6.26 Å². The predicted molar refractivity (Wildman–Crippen MR) is 60.4 cm³/mol. The summed E-state index contributed by atoms with van der Waals surface area (Å²) in [6.07, 6.45) is 2.42. The molecule has 84 valence electrons. The Morgan fingerprint density at radius 3 is 2.73 bits per heavy atom. The van der Waals surface area contributed by atoms with Crippen molar-refractivity contribution < 1.29 is 9.21 Å². The number of nitrogens with zero attached hydrogens (tertiary/aromatic N) is 1. The average Bonchev–Trinajstić information content (AvgIpc) is 2.63. The molecule has 0 aromatic carbocycles. The molecule has 1 amide bonds. The summed E-state index contributed by atoms with van der Waals surface area (Å²) in [6, 6.07) is 1.75. The molecule has 0 radical (unpaired) electrons. The van der Waals surface area contributed by atoms with E-state index >= 15 is 0 Å². The summed E-state index contributed by atoms with van der Waals surface area (Å²) in [5.41, 5.74) is 0.603. The zero-order valence-electron chi connectivity index (χ0n) is 9.12. The van der Waals surface area contributed by atoms with Crippen LogP contribution in [0.1, 0.15) is 29.5 Å². The van der Waals surface area contributed by atoms with Gasteiger partial charge in [0.2, 0.25) is 0 Å². The number of halogens is 1. The Balaban J connectivity index is 2.71. The second-order valence-corrected chi connectivity index (χ2v) is 3.81. The second-order valence-electron chi connectivity index (χ2n) is 3.43. The normalized spacial score (nSPS) is 10.3. The predicted octanol–water partition coefficient (Wildman–Crippen LogP) is 2.68. The molecular weight excluding hydrogens is 214 g/mol. The zero-order chi connectivity index (χ0) is 11.3. The lowest BCUT2D eigenvalue weighted by Crippen LogP contribution is -2.33. The summed E-state index contributed by atoms with van der Waals surface area (Å²) in [5, 5.41) is 0. The third-order valence-corrected chi connectivity index (χ3v) is 2.28. The van der Waals surface area contributed by atoms with Gasteiger partial charge >= 0.3 is 0 Å². The monoisotopic (exact) mass is 229 g/mol. The molecule has 0 aliphatic carbocycles. The molecule has 0 bridgehead atoms. The number of furan rings is 1. The van der Waals surface area contributed by atoms with Gasteiger partial charge in [0.05, 0.1) is 5.56 Å². The Labute approximate surface area is 95.0 Å². The van der Waals surface area contributed by atoms with E-state index in [2.05, 4.69) is 0 Å². The van der Waals surface area contributed by atoms with Crippen LogP contribution in [-0.2, 0) is 0 Å². The highest BCUT2D eigenvalue weighted by molar-refractivity contribution is 6.18. The van der Waals surface area contributed by atoms with Crippen molar-refractivity contribution >= 4 is 17.5 Å². The van der Waals surface area contributed by atoms with Crippen LogP contribution in [0.3, 0.4) is 0 Å². The maximum absolute atomic E-state index is 11.9. The van der Waals surface area contributed by atoms with Crippen LogP contribution in [0.15, 0.2) is 16.7 Å². The van der Waals surface area contributed by atoms with Gasteiger partial charge in [-0.05, 0) is 19.4 Å².